The zero-order valence-corrected chi connectivity index (χ0v) is 11.4. The fourth-order valence-corrected chi connectivity index (χ4v) is 3.26. The Morgan fingerprint density at radius 2 is 1.94 bits per heavy atom. The molecule has 3 N–H and O–H groups in total. The predicted octanol–water partition coefficient (Wildman–Crippen LogP) is 2.79. The van der Waals surface area contributed by atoms with Crippen molar-refractivity contribution >= 4 is 0 Å². The summed E-state index contributed by atoms with van der Waals surface area (Å²) in [6.45, 7) is 9.53. The average molecular weight is 227 g/mol. The number of rotatable bonds is 4. The minimum atomic E-state index is -0.222. The summed E-state index contributed by atoms with van der Waals surface area (Å²) in [4.78, 5) is 0. The van der Waals surface area contributed by atoms with Gasteiger partial charge in [0.25, 0.3) is 0 Å². The molecule has 0 amide bonds. The molecule has 2 nitrogen and oxygen atoms in total. The summed E-state index contributed by atoms with van der Waals surface area (Å²) in [5.41, 5.74) is 6.09. The predicted molar refractivity (Wildman–Crippen MR) is 69.1 cm³/mol. The van der Waals surface area contributed by atoms with Crippen molar-refractivity contribution in [1.82, 2.24) is 0 Å². The molecule has 1 aliphatic carbocycles. The van der Waals surface area contributed by atoms with E-state index in [2.05, 4.69) is 27.7 Å². The van der Waals surface area contributed by atoms with Gasteiger partial charge in [-0.3, -0.25) is 0 Å². The highest BCUT2D eigenvalue weighted by molar-refractivity contribution is 4.90. The maximum Gasteiger partial charge on any atom is 0.0616 e. The molecule has 0 aromatic carbocycles. The Labute approximate surface area is 101 Å². The lowest BCUT2D eigenvalue weighted by Crippen LogP contribution is -2.44. The molecule has 2 heteroatoms. The van der Waals surface area contributed by atoms with E-state index in [1.165, 1.54) is 19.3 Å². The van der Waals surface area contributed by atoms with Crippen molar-refractivity contribution in [2.45, 2.75) is 59.5 Å². The number of hydrogen-bond acceptors (Lipinski definition) is 2. The van der Waals surface area contributed by atoms with Gasteiger partial charge < -0.3 is 10.8 Å². The van der Waals surface area contributed by atoms with Gasteiger partial charge in [0.15, 0.2) is 0 Å². The van der Waals surface area contributed by atoms with Crippen LogP contribution in [0.25, 0.3) is 0 Å². The van der Waals surface area contributed by atoms with Gasteiger partial charge in [0.05, 0.1) is 6.10 Å². The zero-order valence-electron chi connectivity index (χ0n) is 11.4. The van der Waals surface area contributed by atoms with Gasteiger partial charge in [-0.2, -0.15) is 0 Å². The molecule has 16 heavy (non-hydrogen) atoms. The molecule has 3 atom stereocenters. The first-order valence-electron chi connectivity index (χ1n) is 6.78. The Hall–Kier alpha value is -0.0800. The van der Waals surface area contributed by atoms with Crippen LogP contribution in [0.1, 0.15) is 53.4 Å². The van der Waals surface area contributed by atoms with E-state index in [1.54, 1.807) is 0 Å². The summed E-state index contributed by atoms with van der Waals surface area (Å²) in [5.74, 6) is 1.15. The molecule has 1 aliphatic rings. The lowest BCUT2D eigenvalue weighted by molar-refractivity contribution is -0.0379. The van der Waals surface area contributed by atoms with Crippen molar-refractivity contribution in [1.29, 1.82) is 0 Å². The summed E-state index contributed by atoms with van der Waals surface area (Å²) in [7, 11) is 0. The van der Waals surface area contributed by atoms with Gasteiger partial charge in [-0.05, 0) is 42.6 Å². The monoisotopic (exact) mass is 227 g/mol. The van der Waals surface area contributed by atoms with Crippen LogP contribution in [0.4, 0.5) is 0 Å². The van der Waals surface area contributed by atoms with Crippen molar-refractivity contribution in [2.75, 3.05) is 6.54 Å². The average Bonchev–Trinajstić information content (AvgIpc) is 2.17. The van der Waals surface area contributed by atoms with Crippen molar-refractivity contribution in [3.63, 3.8) is 0 Å². The highest BCUT2D eigenvalue weighted by Crippen LogP contribution is 2.44. The molecule has 0 spiro atoms. The molecule has 0 heterocycles. The first-order chi connectivity index (χ1) is 7.40. The Bertz CT molecular complexity index is 213. The van der Waals surface area contributed by atoms with Crippen LogP contribution >= 0.6 is 0 Å². The van der Waals surface area contributed by atoms with Gasteiger partial charge in [-0.15, -0.1) is 0 Å². The minimum Gasteiger partial charge on any atom is -0.392 e. The molecule has 0 aliphatic heterocycles. The van der Waals surface area contributed by atoms with E-state index < -0.39 is 0 Å². The maximum atomic E-state index is 10.6. The normalized spacial score (nSPS) is 29.1. The van der Waals surface area contributed by atoms with Gasteiger partial charge in [0, 0.05) is 0 Å². The largest absolute Gasteiger partial charge is 0.392 e. The molecule has 1 fully saturated rings. The van der Waals surface area contributed by atoms with Crippen molar-refractivity contribution in [3.8, 4) is 0 Å². The number of aliphatic hydroxyl groups is 1. The molecular weight excluding hydrogens is 198 g/mol. The van der Waals surface area contributed by atoms with E-state index in [4.69, 9.17) is 5.73 Å². The zero-order chi connectivity index (χ0) is 12.3. The fraction of sp³-hybridized carbons (Fsp3) is 1.00. The van der Waals surface area contributed by atoms with E-state index in [9.17, 15) is 5.11 Å². The third kappa shape index (κ3) is 2.98. The summed E-state index contributed by atoms with van der Waals surface area (Å²) < 4.78 is 0. The van der Waals surface area contributed by atoms with Gasteiger partial charge in [-0.1, -0.05) is 40.5 Å². The third-order valence-corrected chi connectivity index (χ3v) is 4.57. The van der Waals surface area contributed by atoms with Gasteiger partial charge in [0.2, 0.25) is 0 Å². The van der Waals surface area contributed by atoms with E-state index in [0.717, 1.165) is 6.42 Å². The Morgan fingerprint density at radius 3 is 2.38 bits per heavy atom. The van der Waals surface area contributed by atoms with Crippen molar-refractivity contribution < 1.29 is 5.11 Å². The third-order valence-electron chi connectivity index (χ3n) is 4.57. The smallest absolute Gasteiger partial charge is 0.0616 e. The molecule has 1 saturated carbocycles. The molecule has 0 aromatic heterocycles. The standard InChI is InChI=1S/C14H29NO/c1-10(2)11(9-15)13(16)12-7-5-6-8-14(12,3)4/h10-13,16H,5-9,15H2,1-4H3. The Balaban J connectivity index is 2.73. The maximum absolute atomic E-state index is 10.6. The van der Waals surface area contributed by atoms with E-state index in [1.807, 2.05) is 0 Å². The highest BCUT2D eigenvalue weighted by Gasteiger charge is 2.40. The molecular formula is C14H29NO. The van der Waals surface area contributed by atoms with Gasteiger partial charge in [0.1, 0.15) is 0 Å². The molecule has 1 rings (SSSR count). The second-order valence-corrected chi connectivity index (χ2v) is 6.48. The first-order valence-corrected chi connectivity index (χ1v) is 6.78. The number of hydrogen-bond donors (Lipinski definition) is 2. The number of aliphatic hydroxyl groups excluding tert-OH is 1. The van der Waals surface area contributed by atoms with Crippen LogP contribution in [0.15, 0.2) is 0 Å². The van der Waals surface area contributed by atoms with Crippen molar-refractivity contribution in [2.24, 2.45) is 28.9 Å². The summed E-state index contributed by atoms with van der Waals surface area (Å²) in [5, 5.41) is 10.6. The summed E-state index contributed by atoms with van der Waals surface area (Å²) in [6.07, 6.45) is 4.76. The molecule has 3 unspecified atom stereocenters. The van der Waals surface area contributed by atoms with Crippen LogP contribution in [-0.4, -0.2) is 17.8 Å². The topological polar surface area (TPSA) is 46.2 Å². The minimum absolute atomic E-state index is 0.222. The van der Waals surface area contributed by atoms with Crippen LogP contribution in [0.2, 0.25) is 0 Å². The quantitative estimate of drug-likeness (QED) is 0.776. The molecule has 0 saturated heterocycles. The van der Waals surface area contributed by atoms with Gasteiger partial charge >= 0.3 is 0 Å². The number of nitrogens with two attached hydrogens (primary N) is 1. The van der Waals surface area contributed by atoms with Crippen LogP contribution in [0.5, 0.6) is 0 Å². The van der Waals surface area contributed by atoms with Crippen LogP contribution < -0.4 is 5.73 Å². The SMILES string of the molecule is CC(C)C(CN)C(O)C1CCCCC1(C)C. The molecule has 0 bridgehead atoms. The van der Waals surface area contributed by atoms with Crippen molar-refractivity contribution in [3.05, 3.63) is 0 Å². The Kier molecular flexibility index (Phi) is 4.81. The molecule has 0 radical (unpaired) electrons. The van der Waals surface area contributed by atoms with Crippen LogP contribution in [-0.2, 0) is 0 Å². The van der Waals surface area contributed by atoms with Crippen LogP contribution in [0.3, 0.4) is 0 Å². The van der Waals surface area contributed by atoms with E-state index >= 15 is 0 Å². The summed E-state index contributed by atoms with van der Waals surface area (Å²) >= 11 is 0. The second kappa shape index (κ2) is 5.50. The second-order valence-electron chi connectivity index (χ2n) is 6.48. The lowest BCUT2D eigenvalue weighted by atomic mass is 9.63. The lowest BCUT2D eigenvalue weighted by Gasteiger charge is -2.44. The molecule has 0 aromatic rings. The van der Waals surface area contributed by atoms with E-state index in [-0.39, 0.29) is 17.4 Å². The first kappa shape index (κ1) is 14.0. The van der Waals surface area contributed by atoms with Crippen LogP contribution in [0, 0.1) is 23.2 Å². The molecule has 96 valence electrons. The summed E-state index contributed by atoms with van der Waals surface area (Å²) in [6, 6.07) is 0. The fourth-order valence-electron chi connectivity index (χ4n) is 3.26. The highest BCUT2D eigenvalue weighted by atomic mass is 16.3. The van der Waals surface area contributed by atoms with Gasteiger partial charge in [-0.25, -0.2) is 0 Å². The van der Waals surface area contributed by atoms with E-state index in [0.29, 0.717) is 18.4 Å². The Morgan fingerprint density at radius 1 is 1.31 bits per heavy atom.